The van der Waals surface area contributed by atoms with Gasteiger partial charge in [0.2, 0.25) is 0 Å². The summed E-state index contributed by atoms with van der Waals surface area (Å²) < 4.78 is 0. The first kappa shape index (κ1) is 19.3. The van der Waals surface area contributed by atoms with Crippen molar-refractivity contribution in [3.05, 3.63) is 29.3 Å². The number of likely N-dealkylation sites (tertiary alicyclic amines) is 1. The number of nitrogens with zero attached hydrogens (tertiary/aromatic N) is 3. The minimum atomic E-state index is 0.0632. The molecule has 5 nitrogen and oxygen atoms in total. The Labute approximate surface area is 162 Å². The molecule has 1 N–H and O–H groups in total. The zero-order chi connectivity index (χ0) is 18.5. The van der Waals surface area contributed by atoms with E-state index in [2.05, 4.69) is 35.0 Å². The molecule has 2 fully saturated rings. The lowest BCUT2D eigenvalue weighted by Crippen LogP contribution is -2.54. The van der Waals surface area contributed by atoms with E-state index in [-0.39, 0.29) is 12.1 Å². The molecule has 3 rings (SSSR count). The number of amides is 2. The van der Waals surface area contributed by atoms with Crippen LogP contribution in [-0.4, -0.2) is 67.7 Å². The van der Waals surface area contributed by atoms with Gasteiger partial charge in [-0.15, -0.1) is 0 Å². The molecule has 1 aromatic rings. The quantitative estimate of drug-likeness (QED) is 0.873. The van der Waals surface area contributed by atoms with Crippen LogP contribution in [0.4, 0.5) is 10.5 Å². The second-order valence-electron chi connectivity index (χ2n) is 7.81. The molecule has 144 valence electrons. The van der Waals surface area contributed by atoms with Crippen molar-refractivity contribution >= 4 is 23.3 Å². The van der Waals surface area contributed by atoms with Gasteiger partial charge in [0.15, 0.2) is 0 Å². The molecule has 2 heterocycles. The molecule has 2 atom stereocenters. The van der Waals surface area contributed by atoms with E-state index in [0.29, 0.717) is 0 Å². The zero-order valence-electron chi connectivity index (χ0n) is 16.0. The van der Waals surface area contributed by atoms with E-state index in [1.54, 1.807) is 0 Å². The number of piperazine rings is 1. The van der Waals surface area contributed by atoms with Crippen molar-refractivity contribution in [2.45, 2.75) is 32.7 Å². The van der Waals surface area contributed by atoms with Gasteiger partial charge >= 0.3 is 6.03 Å². The maximum absolute atomic E-state index is 12.6. The van der Waals surface area contributed by atoms with Crippen molar-refractivity contribution in [1.29, 1.82) is 0 Å². The predicted octanol–water partition coefficient (Wildman–Crippen LogP) is 3.29. The van der Waals surface area contributed by atoms with Crippen LogP contribution in [0.2, 0.25) is 5.02 Å². The molecular formula is C20H31ClN4O. The van der Waals surface area contributed by atoms with Crippen LogP contribution in [0.3, 0.4) is 0 Å². The highest BCUT2D eigenvalue weighted by Gasteiger charge is 2.24. The molecule has 2 unspecified atom stereocenters. The number of urea groups is 1. The summed E-state index contributed by atoms with van der Waals surface area (Å²) in [5.41, 5.74) is 1.13. The van der Waals surface area contributed by atoms with Gasteiger partial charge in [0.25, 0.3) is 0 Å². The molecule has 6 heteroatoms. The number of carbonyl (C=O) groups is 1. The SMILES string of the molecule is CC1CCCN(CC(C)NC(=O)N2CCN(c3cccc(Cl)c3)CC2)C1. The first-order valence-corrected chi connectivity index (χ1v) is 10.2. The molecule has 2 aliphatic heterocycles. The molecule has 2 amide bonds. The Morgan fingerprint density at radius 2 is 2.04 bits per heavy atom. The van der Waals surface area contributed by atoms with E-state index in [9.17, 15) is 4.79 Å². The van der Waals surface area contributed by atoms with Gasteiger partial charge in [-0.25, -0.2) is 4.79 Å². The maximum Gasteiger partial charge on any atom is 0.317 e. The third-order valence-corrected chi connectivity index (χ3v) is 5.62. The summed E-state index contributed by atoms with van der Waals surface area (Å²) in [5, 5.41) is 3.93. The molecule has 2 aliphatic rings. The van der Waals surface area contributed by atoms with Crippen molar-refractivity contribution in [3.63, 3.8) is 0 Å². The highest BCUT2D eigenvalue weighted by atomic mass is 35.5. The molecule has 2 saturated heterocycles. The van der Waals surface area contributed by atoms with Gasteiger partial charge in [-0.05, 0) is 50.4 Å². The monoisotopic (exact) mass is 378 g/mol. The summed E-state index contributed by atoms with van der Waals surface area (Å²) in [5.74, 6) is 0.770. The van der Waals surface area contributed by atoms with Gasteiger partial charge in [-0.3, -0.25) is 0 Å². The molecule has 0 saturated carbocycles. The lowest BCUT2D eigenvalue weighted by atomic mass is 10.00. The molecule has 1 aromatic carbocycles. The van der Waals surface area contributed by atoms with Crippen LogP contribution < -0.4 is 10.2 Å². The molecule has 0 radical (unpaired) electrons. The fraction of sp³-hybridized carbons (Fsp3) is 0.650. The Bertz CT molecular complexity index is 603. The van der Waals surface area contributed by atoms with Crippen molar-refractivity contribution < 1.29 is 4.79 Å². The van der Waals surface area contributed by atoms with Gasteiger partial charge in [0, 0.05) is 56.0 Å². The molecular weight excluding hydrogens is 348 g/mol. The number of anilines is 1. The second kappa shape index (κ2) is 8.96. The molecule has 0 aromatic heterocycles. The van der Waals surface area contributed by atoms with Gasteiger partial charge in [0.05, 0.1) is 0 Å². The minimum absolute atomic E-state index is 0.0632. The smallest absolute Gasteiger partial charge is 0.317 e. The predicted molar refractivity (Wildman–Crippen MR) is 108 cm³/mol. The molecule has 0 spiro atoms. The largest absolute Gasteiger partial charge is 0.368 e. The van der Waals surface area contributed by atoms with Crippen LogP contribution in [0.1, 0.15) is 26.7 Å². The van der Waals surface area contributed by atoms with E-state index >= 15 is 0 Å². The van der Waals surface area contributed by atoms with Gasteiger partial charge < -0.3 is 20.0 Å². The van der Waals surface area contributed by atoms with E-state index in [4.69, 9.17) is 11.6 Å². The van der Waals surface area contributed by atoms with Crippen LogP contribution in [0.5, 0.6) is 0 Å². The summed E-state index contributed by atoms with van der Waals surface area (Å²) in [7, 11) is 0. The normalized spacial score (nSPS) is 23.0. The number of piperidine rings is 1. The van der Waals surface area contributed by atoms with Crippen molar-refractivity contribution in [1.82, 2.24) is 15.1 Å². The van der Waals surface area contributed by atoms with Gasteiger partial charge in [-0.1, -0.05) is 24.6 Å². The number of hydrogen-bond donors (Lipinski definition) is 1. The van der Waals surface area contributed by atoms with Crippen LogP contribution in [0, 0.1) is 5.92 Å². The van der Waals surface area contributed by atoms with Crippen molar-refractivity contribution in [2.24, 2.45) is 5.92 Å². The van der Waals surface area contributed by atoms with E-state index < -0.39 is 0 Å². The van der Waals surface area contributed by atoms with Gasteiger partial charge in [-0.2, -0.15) is 0 Å². The summed E-state index contributed by atoms with van der Waals surface area (Å²) in [4.78, 5) is 19.3. The highest BCUT2D eigenvalue weighted by Crippen LogP contribution is 2.21. The standard InChI is InChI=1S/C20H31ClN4O/c1-16-5-4-8-23(14-16)15-17(2)22-20(26)25-11-9-24(10-12-25)19-7-3-6-18(21)13-19/h3,6-7,13,16-17H,4-5,8-12,14-15H2,1-2H3,(H,22,26). The Morgan fingerprint density at radius 1 is 1.27 bits per heavy atom. The summed E-state index contributed by atoms with van der Waals surface area (Å²) in [6, 6.07) is 8.16. The number of rotatable bonds is 4. The van der Waals surface area contributed by atoms with Crippen LogP contribution in [0.25, 0.3) is 0 Å². The Kier molecular flexibility index (Phi) is 6.65. The summed E-state index contributed by atoms with van der Waals surface area (Å²) in [6.45, 7) is 10.8. The lowest BCUT2D eigenvalue weighted by molar-refractivity contribution is 0.160. The lowest BCUT2D eigenvalue weighted by Gasteiger charge is -2.37. The Balaban J connectivity index is 1.43. The van der Waals surface area contributed by atoms with Gasteiger partial charge in [0.1, 0.15) is 0 Å². The molecule has 0 aliphatic carbocycles. The first-order chi connectivity index (χ1) is 12.5. The van der Waals surface area contributed by atoms with Crippen LogP contribution in [-0.2, 0) is 0 Å². The third-order valence-electron chi connectivity index (χ3n) is 5.38. The summed E-state index contributed by atoms with van der Waals surface area (Å²) in [6.07, 6.45) is 2.60. The zero-order valence-corrected chi connectivity index (χ0v) is 16.7. The van der Waals surface area contributed by atoms with Crippen molar-refractivity contribution in [3.8, 4) is 0 Å². The summed E-state index contributed by atoms with van der Waals surface area (Å²) >= 11 is 6.08. The molecule has 26 heavy (non-hydrogen) atoms. The van der Waals surface area contributed by atoms with Crippen molar-refractivity contribution in [2.75, 3.05) is 50.7 Å². The number of halogens is 1. The number of benzene rings is 1. The second-order valence-corrected chi connectivity index (χ2v) is 8.25. The van der Waals surface area contributed by atoms with Crippen LogP contribution in [0.15, 0.2) is 24.3 Å². The Hall–Kier alpha value is -1.46. The van der Waals surface area contributed by atoms with E-state index in [1.165, 1.54) is 12.8 Å². The maximum atomic E-state index is 12.6. The van der Waals surface area contributed by atoms with Crippen LogP contribution >= 0.6 is 11.6 Å². The highest BCUT2D eigenvalue weighted by molar-refractivity contribution is 6.30. The van der Waals surface area contributed by atoms with E-state index in [0.717, 1.165) is 62.4 Å². The Morgan fingerprint density at radius 3 is 2.73 bits per heavy atom. The average molecular weight is 379 g/mol. The first-order valence-electron chi connectivity index (χ1n) is 9.79. The fourth-order valence-corrected chi connectivity index (χ4v) is 4.21. The number of carbonyl (C=O) groups excluding carboxylic acids is 1. The topological polar surface area (TPSA) is 38.8 Å². The van der Waals surface area contributed by atoms with E-state index in [1.807, 2.05) is 23.1 Å². The molecule has 0 bridgehead atoms. The number of hydrogen-bond acceptors (Lipinski definition) is 3. The minimum Gasteiger partial charge on any atom is -0.368 e. The third kappa shape index (κ3) is 5.27. The average Bonchev–Trinajstić information content (AvgIpc) is 2.61. The number of nitrogens with one attached hydrogen (secondary N) is 1. The fourth-order valence-electron chi connectivity index (χ4n) is 4.03.